The number of anilines is 1. The van der Waals surface area contributed by atoms with E-state index in [0.29, 0.717) is 6.04 Å². The third-order valence-corrected chi connectivity index (χ3v) is 2.47. The van der Waals surface area contributed by atoms with Gasteiger partial charge in [-0.3, -0.25) is 4.68 Å². The predicted octanol–water partition coefficient (Wildman–Crippen LogP) is 2.04. The van der Waals surface area contributed by atoms with E-state index < -0.39 is 0 Å². The van der Waals surface area contributed by atoms with Crippen LogP contribution in [0, 0.1) is 0 Å². The van der Waals surface area contributed by atoms with Crippen molar-refractivity contribution in [1.29, 1.82) is 0 Å². The average molecular weight is 211 g/mol. The number of methoxy groups -OCH3 is 1. The molecule has 0 fully saturated rings. The Labute approximate surface area is 91.6 Å². The summed E-state index contributed by atoms with van der Waals surface area (Å²) in [6.07, 6.45) is 4.75. The van der Waals surface area contributed by atoms with Gasteiger partial charge in [0, 0.05) is 26.4 Å². The topological polar surface area (TPSA) is 39.1 Å². The molecule has 0 bridgehead atoms. The molecular formula is C11H21N3O. The first-order valence-electron chi connectivity index (χ1n) is 5.23. The van der Waals surface area contributed by atoms with Crippen molar-refractivity contribution >= 4 is 5.69 Å². The molecular weight excluding hydrogens is 190 g/mol. The Morgan fingerprint density at radius 1 is 1.60 bits per heavy atom. The van der Waals surface area contributed by atoms with E-state index in [9.17, 15) is 0 Å². The van der Waals surface area contributed by atoms with Crippen molar-refractivity contribution in [3.63, 3.8) is 0 Å². The van der Waals surface area contributed by atoms with Crippen LogP contribution in [0.4, 0.5) is 5.69 Å². The zero-order chi connectivity index (χ0) is 11.5. The van der Waals surface area contributed by atoms with Crippen molar-refractivity contribution in [3.05, 3.63) is 12.4 Å². The van der Waals surface area contributed by atoms with Crippen molar-refractivity contribution in [2.45, 2.75) is 38.8 Å². The first-order valence-corrected chi connectivity index (χ1v) is 5.23. The fourth-order valence-electron chi connectivity index (χ4n) is 1.65. The highest BCUT2D eigenvalue weighted by Crippen LogP contribution is 2.18. The van der Waals surface area contributed by atoms with Crippen LogP contribution < -0.4 is 5.32 Å². The number of ether oxygens (including phenoxy) is 1. The zero-order valence-electron chi connectivity index (χ0n) is 10.2. The van der Waals surface area contributed by atoms with Crippen LogP contribution in [0.15, 0.2) is 12.4 Å². The molecule has 0 aliphatic carbocycles. The smallest absolute Gasteiger partial charge is 0.0728 e. The standard InChI is InChI=1S/C11H21N3O/c1-9(6-11(2,3)15-5)13-10-7-12-14(4)8-10/h7-9,13H,6H2,1-5H3/t9-/m1/s1. The molecule has 1 atom stereocenters. The van der Waals surface area contributed by atoms with E-state index in [0.717, 1.165) is 12.1 Å². The summed E-state index contributed by atoms with van der Waals surface area (Å²) in [4.78, 5) is 0. The van der Waals surface area contributed by atoms with Gasteiger partial charge in [0.25, 0.3) is 0 Å². The van der Waals surface area contributed by atoms with Crippen molar-refractivity contribution < 1.29 is 4.74 Å². The molecule has 0 aliphatic heterocycles. The molecule has 0 aromatic carbocycles. The number of hydrogen-bond donors (Lipinski definition) is 1. The van der Waals surface area contributed by atoms with Gasteiger partial charge in [-0.05, 0) is 27.2 Å². The van der Waals surface area contributed by atoms with Crippen molar-refractivity contribution in [2.24, 2.45) is 7.05 Å². The lowest BCUT2D eigenvalue weighted by Gasteiger charge is -2.27. The third-order valence-electron chi connectivity index (χ3n) is 2.47. The first kappa shape index (κ1) is 12.0. The second-order valence-electron chi connectivity index (χ2n) is 4.62. The van der Waals surface area contributed by atoms with E-state index in [-0.39, 0.29) is 5.60 Å². The Morgan fingerprint density at radius 2 is 2.27 bits per heavy atom. The minimum absolute atomic E-state index is 0.0887. The van der Waals surface area contributed by atoms with Crippen molar-refractivity contribution in [3.8, 4) is 0 Å². The fraction of sp³-hybridized carbons (Fsp3) is 0.727. The highest BCUT2D eigenvalue weighted by atomic mass is 16.5. The normalized spacial score (nSPS) is 13.9. The Morgan fingerprint density at radius 3 is 2.73 bits per heavy atom. The van der Waals surface area contributed by atoms with Gasteiger partial charge in [0.2, 0.25) is 0 Å². The minimum Gasteiger partial charge on any atom is -0.380 e. The maximum absolute atomic E-state index is 5.39. The largest absolute Gasteiger partial charge is 0.380 e. The van der Waals surface area contributed by atoms with E-state index >= 15 is 0 Å². The van der Waals surface area contributed by atoms with Crippen LogP contribution in [0.3, 0.4) is 0 Å². The summed E-state index contributed by atoms with van der Waals surface area (Å²) in [6, 6.07) is 0.365. The SMILES string of the molecule is COC(C)(C)C[C@@H](C)Nc1cnn(C)c1. The highest BCUT2D eigenvalue weighted by Gasteiger charge is 2.20. The lowest BCUT2D eigenvalue weighted by Crippen LogP contribution is -2.31. The van der Waals surface area contributed by atoms with E-state index in [1.807, 2.05) is 19.4 Å². The van der Waals surface area contributed by atoms with Crippen LogP contribution >= 0.6 is 0 Å². The number of nitrogens with one attached hydrogen (secondary N) is 1. The van der Waals surface area contributed by atoms with Gasteiger partial charge >= 0.3 is 0 Å². The van der Waals surface area contributed by atoms with Gasteiger partial charge in [-0.1, -0.05) is 0 Å². The molecule has 0 saturated heterocycles. The fourth-order valence-corrected chi connectivity index (χ4v) is 1.65. The highest BCUT2D eigenvalue weighted by molar-refractivity contribution is 5.38. The predicted molar refractivity (Wildman–Crippen MR) is 62.0 cm³/mol. The molecule has 86 valence electrons. The quantitative estimate of drug-likeness (QED) is 0.810. The van der Waals surface area contributed by atoms with Gasteiger partial charge < -0.3 is 10.1 Å². The van der Waals surface area contributed by atoms with Crippen LogP contribution in [0.2, 0.25) is 0 Å². The van der Waals surface area contributed by atoms with Gasteiger partial charge in [-0.25, -0.2) is 0 Å². The second-order valence-corrected chi connectivity index (χ2v) is 4.62. The number of nitrogens with zero attached hydrogens (tertiary/aromatic N) is 2. The summed E-state index contributed by atoms with van der Waals surface area (Å²) in [7, 11) is 3.66. The number of aromatic nitrogens is 2. The second kappa shape index (κ2) is 4.66. The molecule has 0 spiro atoms. The molecule has 0 unspecified atom stereocenters. The van der Waals surface area contributed by atoms with E-state index in [1.54, 1.807) is 11.8 Å². The van der Waals surface area contributed by atoms with Crippen LogP contribution in [0.25, 0.3) is 0 Å². The average Bonchev–Trinajstić information content (AvgIpc) is 2.50. The van der Waals surface area contributed by atoms with Crippen LogP contribution in [0.1, 0.15) is 27.2 Å². The summed E-state index contributed by atoms with van der Waals surface area (Å²) >= 11 is 0. The molecule has 1 N–H and O–H groups in total. The third kappa shape index (κ3) is 3.91. The van der Waals surface area contributed by atoms with Crippen molar-refractivity contribution in [2.75, 3.05) is 12.4 Å². The zero-order valence-corrected chi connectivity index (χ0v) is 10.2. The van der Waals surface area contributed by atoms with Gasteiger partial charge in [0.05, 0.1) is 17.5 Å². The summed E-state index contributed by atoms with van der Waals surface area (Å²) < 4.78 is 7.18. The molecule has 0 radical (unpaired) electrons. The molecule has 1 rings (SSSR count). The molecule has 0 amide bonds. The number of aryl methyl sites for hydroxylation is 1. The summed E-state index contributed by atoms with van der Waals surface area (Å²) in [6.45, 7) is 6.33. The van der Waals surface area contributed by atoms with E-state index in [2.05, 4.69) is 31.2 Å². The van der Waals surface area contributed by atoms with Crippen molar-refractivity contribution in [1.82, 2.24) is 9.78 Å². The summed E-state index contributed by atoms with van der Waals surface area (Å²) in [5, 5.41) is 7.50. The molecule has 1 heterocycles. The first-order chi connectivity index (χ1) is 6.93. The maximum atomic E-state index is 5.39. The Hall–Kier alpha value is -1.03. The summed E-state index contributed by atoms with van der Waals surface area (Å²) in [5.41, 5.74) is 0.964. The molecule has 15 heavy (non-hydrogen) atoms. The van der Waals surface area contributed by atoms with E-state index in [4.69, 9.17) is 4.74 Å². The molecule has 1 aromatic rings. The summed E-state index contributed by atoms with van der Waals surface area (Å²) in [5.74, 6) is 0. The van der Waals surface area contributed by atoms with Crippen LogP contribution in [0.5, 0.6) is 0 Å². The number of rotatable bonds is 5. The maximum Gasteiger partial charge on any atom is 0.0728 e. The Balaban J connectivity index is 2.46. The molecule has 0 saturated carbocycles. The number of hydrogen-bond acceptors (Lipinski definition) is 3. The monoisotopic (exact) mass is 211 g/mol. The molecule has 1 aromatic heterocycles. The van der Waals surface area contributed by atoms with Gasteiger partial charge in [-0.2, -0.15) is 5.10 Å². The Bertz CT molecular complexity index is 307. The Kier molecular flexibility index (Phi) is 3.74. The van der Waals surface area contributed by atoms with Gasteiger partial charge in [0.15, 0.2) is 0 Å². The van der Waals surface area contributed by atoms with E-state index in [1.165, 1.54) is 0 Å². The molecule has 4 heteroatoms. The van der Waals surface area contributed by atoms with Crippen LogP contribution in [-0.2, 0) is 11.8 Å². The van der Waals surface area contributed by atoms with Gasteiger partial charge in [-0.15, -0.1) is 0 Å². The molecule has 4 nitrogen and oxygen atoms in total. The lowest BCUT2D eigenvalue weighted by molar-refractivity contribution is 0.0128. The van der Waals surface area contributed by atoms with Crippen LogP contribution in [-0.4, -0.2) is 28.5 Å². The minimum atomic E-state index is -0.0887. The molecule has 0 aliphatic rings. The lowest BCUT2D eigenvalue weighted by atomic mass is 10.00. The van der Waals surface area contributed by atoms with Gasteiger partial charge in [0.1, 0.15) is 0 Å².